The number of nitrogens with zero attached hydrogens (tertiary/aromatic N) is 1. The Labute approximate surface area is 111 Å². The van der Waals surface area contributed by atoms with E-state index in [2.05, 4.69) is 0 Å². The maximum atomic E-state index is 13.8. The maximum absolute atomic E-state index is 13.8. The monoisotopic (exact) mass is 257 g/mol. The lowest BCUT2D eigenvalue weighted by molar-refractivity contribution is 0.607. The molecule has 0 aliphatic heterocycles. The van der Waals surface area contributed by atoms with Gasteiger partial charge in [0.1, 0.15) is 17.7 Å². The summed E-state index contributed by atoms with van der Waals surface area (Å²) in [7, 11) is 0. The van der Waals surface area contributed by atoms with E-state index in [1.807, 2.05) is 6.92 Å². The average Bonchev–Trinajstić information content (AvgIpc) is 2.41. The van der Waals surface area contributed by atoms with Gasteiger partial charge in [0.05, 0.1) is 5.56 Å². The maximum Gasteiger partial charge on any atom is 0.141 e. The van der Waals surface area contributed by atoms with E-state index in [9.17, 15) is 8.78 Å². The zero-order valence-electron chi connectivity index (χ0n) is 10.6. The summed E-state index contributed by atoms with van der Waals surface area (Å²) < 4.78 is 27.3. The Kier molecular flexibility index (Phi) is 3.91. The minimum absolute atomic E-state index is 0.00757. The van der Waals surface area contributed by atoms with Gasteiger partial charge in [0, 0.05) is 0 Å². The van der Waals surface area contributed by atoms with Crippen LogP contribution in [-0.2, 0) is 6.42 Å². The number of aryl methyl sites for hydroxylation is 1. The number of nitriles is 1. The van der Waals surface area contributed by atoms with Gasteiger partial charge in [-0.15, -0.1) is 0 Å². The lowest BCUT2D eigenvalue weighted by Gasteiger charge is -2.06. The van der Waals surface area contributed by atoms with Crippen LogP contribution in [0.3, 0.4) is 0 Å². The van der Waals surface area contributed by atoms with Crippen molar-refractivity contribution < 1.29 is 8.78 Å². The van der Waals surface area contributed by atoms with E-state index >= 15 is 0 Å². The second-order valence-electron chi connectivity index (χ2n) is 4.36. The molecule has 0 amide bonds. The largest absolute Gasteiger partial charge is 0.207 e. The molecule has 0 N–H and O–H groups in total. The van der Waals surface area contributed by atoms with Gasteiger partial charge in [-0.1, -0.05) is 31.5 Å². The smallest absolute Gasteiger partial charge is 0.141 e. The quantitative estimate of drug-likeness (QED) is 0.796. The summed E-state index contributed by atoms with van der Waals surface area (Å²) >= 11 is 0. The van der Waals surface area contributed by atoms with Crippen LogP contribution in [0.2, 0.25) is 0 Å². The van der Waals surface area contributed by atoms with Gasteiger partial charge in [-0.25, -0.2) is 8.78 Å². The molecule has 2 aromatic rings. The van der Waals surface area contributed by atoms with E-state index in [0.717, 1.165) is 6.42 Å². The van der Waals surface area contributed by atoms with Crippen molar-refractivity contribution in [2.75, 3.05) is 0 Å². The second kappa shape index (κ2) is 5.62. The Hall–Kier alpha value is -2.21. The van der Waals surface area contributed by atoms with Crippen molar-refractivity contribution in [3.05, 3.63) is 59.2 Å². The first-order valence-electron chi connectivity index (χ1n) is 6.14. The highest BCUT2D eigenvalue weighted by Crippen LogP contribution is 2.24. The fourth-order valence-electron chi connectivity index (χ4n) is 1.98. The van der Waals surface area contributed by atoms with Crippen LogP contribution in [0.4, 0.5) is 8.78 Å². The fraction of sp³-hybridized carbons (Fsp3) is 0.188. The molecule has 0 heterocycles. The average molecular weight is 257 g/mol. The molecular formula is C16H13F2N. The van der Waals surface area contributed by atoms with Crippen molar-refractivity contribution in [3.63, 3.8) is 0 Å². The summed E-state index contributed by atoms with van der Waals surface area (Å²) in [5, 5.41) is 8.67. The molecule has 0 aromatic heterocycles. The van der Waals surface area contributed by atoms with Crippen molar-refractivity contribution in [1.82, 2.24) is 0 Å². The molecule has 0 bridgehead atoms. The molecular weight excluding hydrogens is 244 g/mol. The first-order chi connectivity index (χ1) is 9.15. The third-order valence-electron chi connectivity index (χ3n) is 3.00. The summed E-state index contributed by atoms with van der Waals surface area (Å²) in [6.07, 6.45) is 1.57. The van der Waals surface area contributed by atoms with Gasteiger partial charge >= 0.3 is 0 Å². The van der Waals surface area contributed by atoms with Gasteiger partial charge in [-0.05, 0) is 41.3 Å². The minimum atomic E-state index is -0.585. The van der Waals surface area contributed by atoms with Crippen LogP contribution in [0.25, 0.3) is 11.1 Å². The Bertz CT molecular complexity index is 642. The van der Waals surface area contributed by atoms with Crippen molar-refractivity contribution in [2.45, 2.75) is 19.8 Å². The van der Waals surface area contributed by atoms with Crippen LogP contribution in [0.1, 0.15) is 24.5 Å². The molecule has 0 aliphatic rings. The highest BCUT2D eigenvalue weighted by atomic mass is 19.1. The van der Waals surface area contributed by atoms with Crippen LogP contribution in [0.15, 0.2) is 36.4 Å². The molecule has 3 heteroatoms. The van der Waals surface area contributed by atoms with E-state index in [1.165, 1.54) is 18.2 Å². The van der Waals surface area contributed by atoms with Crippen LogP contribution < -0.4 is 0 Å². The van der Waals surface area contributed by atoms with E-state index in [4.69, 9.17) is 5.26 Å². The van der Waals surface area contributed by atoms with Crippen molar-refractivity contribution in [2.24, 2.45) is 0 Å². The molecule has 0 saturated carbocycles. The molecule has 96 valence electrons. The third kappa shape index (κ3) is 2.79. The molecule has 0 atom stereocenters. The molecule has 19 heavy (non-hydrogen) atoms. The Morgan fingerprint density at radius 2 is 1.63 bits per heavy atom. The number of benzene rings is 2. The van der Waals surface area contributed by atoms with E-state index < -0.39 is 5.82 Å². The van der Waals surface area contributed by atoms with Crippen LogP contribution in [0, 0.1) is 23.0 Å². The zero-order valence-corrected chi connectivity index (χ0v) is 10.6. The van der Waals surface area contributed by atoms with Gasteiger partial charge in [0.25, 0.3) is 0 Å². The first-order valence-corrected chi connectivity index (χ1v) is 6.14. The first kappa shape index (κ1) is 13.2. The zero-order chi connectivity index (χ0) is 13.8. The van der Waals surface area contributed by atoms with Crippen LogP contribution in [0.5, 0.6) is 0 Å². The summed E-state index contributed by atoms with van der Waals surface area (Å²) in [6, 6.07) is 11.0. The molecule has 0 saturated heterocycles. The van der Waals surface area contributed by atoms with Crippen molar-refractivity contribution in [1.29, 1.82) is 5.26 Å². The number of hydrogen-bond donors (Lipinski definition) is 0. The van der Waals surface area contributed by atoms with Gasteiger partial charge in [0.15, 0.2) is 0 Å². The molecule has 1 nitrogen and oxygen atoms in total. The van der Waals surface area contributed by atoms with Gasteiger partial charge in [0.2, 0.25) is 0 Å². The summed E-state index contributed by atoms with van der Waals surface area (Å²) in [4.78, 5) is 0. The van der Waals surface area contributed by atoms with Crippen molar-refractivity contribution in [3.8, 4) is 17.2 Å². The molecule has 0 spiro atoms. The normalized spacial score (nSPS) is 10.2. The van der Waals surface area contributed by atoms with E-state index in [-0.39, 0.29) is 11.4 Å². The Balaban J connectivity index is 2.40. The molecule has 0 fully saturated rings. The molecule has 2 aromatic carbocycles. The van der Waals surface area contributed by atoms with Gasteiger partial charge < -0.3 is 0 Å². The van der Waals surface area contributed by atoms with E-state index in [1.54, 1.807) is 24.3 Å². The lowest BCUT2D eigenvalue weighted by Crippen LogP contribution is -1.91. The van der Waals surface area contributed by atoms with Crippen LogP contribution in [-0.4, -0.2) is 0 Å². The number of halogens is 2. The Morgan fingerprint density at radius 1 is 1.00 bits per heavy atom. The topological polar surface area (TPSA) is 23.8 Å². The summed E-state index contributed by atoms with van der Waals surface area (Å²) in [5.74, 6) is -0.859. The summed E-state index contributed by atoms with van der Waals surface area (Å²) in [6.45, 7) is 1.99. The second-order valence-corrected chi connectivity index (χ2v) is 4.36. The van der Waals surface area contributed by atoms with Gasteiger partial charge in [-0.2, -0.15) is 5.26 Å². The number of hydrogen-bond acceptors (Lipinski definition) is 1. The highest BCUT2D eigenvalue weighted by Gasteiger charge is 2.07. The predicted octanol–water partition coefficient (Wildman–Crippen LogP) is 4.46. The van der Waals surface area contributed by atoms with E-state index in [0.29, 0.717) is 23.1 Å². The Morgan fingerprint density at radius 3 is 2.16 bits per heavy atom. The fourth-order valence-corrected chi connectivity index (χ4v) is 1.98. The van der Waals surface area contributed by atoms with Crippen molar-refractivity contribution >= 4 is 0 Å². The summed E-state index contributed by atoms with van der Waals surface area (Å²) in [5.41, 5.74) is 1.84. The number of rotatable bonds is 3. The molecule has 0 aliphatic carbocycles. The lowest BCUT2D eigenvalue weighted by atomic mass is 10.0. The van der Waals surface area contributed by atoms with Crippen LogP contribution >= 0.6 is 0 Å². The standard InChI is InChI=1S/C16H13F2N/c1-2-3-11-4-5-12(8-15(11)17)13-6-7-14(10-19)16(18)9-13/h4-9H,2-3H2,1H3. The minimum Gasteiger partial charge on any atom is -0.207 e. The SMILES string of the molecule is CCCc1ccc(-c2ccc(C#N)c(F)c2)cc1F. The third-order valence-corrected chi connectivity index (χ3v) is 3.00. The molecule has 2 rings (SSSR count). The molecule has 0 radical (unpaired) electrons. The predicted molar refractivity (Wildman–Crippen MR) is 70.5 cm³/mol. The highest BCUT2D eigenvalue weighted by molar-refractivity contribution is 5.65. The van der Waals surface area contributed by atoms with Gasteiger partial charge in [-0.3, -0.25) is 0 Å². The molecule has 0 unspecified atom stereocenters.